The summed E-state index contributed by atoms with van der Waals surface area (Å²) >= 11 is 0. The molecule has 2 rings (SSSR count). The van der Waals surface area contributed by atoms with Gasteiger partial charge in [0.2, 0.25) is 0 Å². The van der Waals surface area contributed by atoms with Crippen LogP contribution in [0.25, 0.3) is 5.70 Å². The molecule has 0 saturated heterocycles. The van der Waals surface area contributed by atoms with E-state index in [2.05, 4.69) is 15.6 Å². The Morgan fingerprint density at radius 2 is 1.73 bits per heavy atom. The number of hydrogen-bond acceptors (Lipinski definition) is 3. The molecule has 0 aliphatic heterocycles. The first-order valence-electron chi connectivity index (χ1n) is 9.85. The molecular weight excluding hydrogens is 394 g/mol. The van der Waals surface area contributed by atoms with Crippen molar-refractivity contribution in [2.45, 2.75) is 46.8 Å². The Balaban J connectivity index is 0.00000218. The van der Waals surface area contributed by atoms with Crippen LogP contribution in [0.3, 0.4) is 0 Å². The van der Waals surface area contributed by atoms with Gasteiger partial charge in [-0.25, -0.2) is 4.39 Å². The summed E-state index contributed by atoms with van der Waals surface area (Å²) in [4.78, 5) is 3.70. The van der Waals surface area contributed by atoms with E-state index in [0.717, 1.165) is 18.0 Å². The van der Waals surface area contributed by atoms with Crippen molar-refractivity contribution in [1.29, 1.82) is 0 Å². The van der Waals surface area contributed by atoms with E-state index >= 15 is 0 Å². The van der Waals surface area contributed by atoms with Crippen molar-refractivity contribution in [3.63, 3.8) is 0 Å². The second-order valence-electron chi connectivity index (χ2n) is 6.25. The molecule has 0 atom stereocenters. The average molecular weight is 423 g/mol. The number of rotatable bonds is 7. The van der Waals surface area contributed by atoms with Gasteiger partial charge in [-0.1, -0.05) is 38.5 Å². The molecule has 0 bridgehead atoms. The fourth-order valence-corrected chi connectivity index (χ4v) is 2.59. The molecule has 0 unspecified atom stereocenters. The number of nitrogens with one attached hydrogen (secondary N) is 2. The van der Waals surface area contributed by atoms with Crippen molar-refractivity contribution < 1.29 is 17.6 Å². The molecule has 0 amide bonds. The van der Waals surface area contributed by atoms with Gasteiger partial charge in [-0.3, -0.25) is 4.98 Å². The van der Waals surface area contributed by atoms with Crippen LogP contribution in [0, 0.1) is 5.82 Å². The molecule has 3 nitrogen and oxygen atoms in total. The standard InChI is InChI=1S/C21H23F4N3.C2H6/c1-4-14(2)18(21(23,24)25)11-20(26-3)15-5-7-17(8-6-15)28-12-16-9-10-27-13-19(16)22;1-2/h5-11,13,26,28H,4,12H2,1-3H3;1-2H3/b18-14?,20-11-;. The van der Waals surface area contributed by atoms with Crippen molar-refractivity contribution >= 4 is 11.4 Å². The minimum absolute atomic E-state index is 0.276. The van der Waals surface area contributed by atoms with E-state index in [1.165, 1.54) is 13.1 Å². The van der Waals surface area contributed by atoms with Crippen molar-refractivity contribution in [3.05, 3.63) is 76.9 Å². The number of allylic oxidation sites excluding steroid dienone is 3. The molecule has 7 heteroatoms. The maximum Gasteiger partial charge on any atom is 0.416 e. The van der Waals surface area contributed by atoms with E-state index in [4.69, 9.17) is 0 Å². The zero-order valence-electron chi connectivity index (χ0n) is 18.0. The summed E-state index contributed by atoms with van der Waals surface area (Å²) in [5, 5.41) is 5.92. The highest BCUT2D eigenvalue weighted by atomic mass is 19.4. The SMILES string of the molecule is CC.CCC(C)=C(/C=C(\NC)c1ccc(NCc2ccncc2F)cc1)C(F)(F)F. The van der Waals surface area contributed by atoms with Gasteiger partial charge >= 0.3 is 6.18 Å². The first-order valence-corrected chi connectivity index (χ1v) is 9.85. The third-order valence-corrected chi connectivity index (χ3v) is 4.39. The van der Waals surface area contributed by atoms with Crippen LogP contribution in [0.15, 0.2) is 59.9 Å². The molecule has 30 heavy (non-hydrogen) atoms. The second-order valence-corrected chi connectivity index (χ2v) is 6.25. The Morgan fingerprint density at radius 1 is 1.10 bits per heavy atom. The summed E-state index contributed by atoms with van der Waals surface area (Å²) < 4.78 is 53.7. The smallest absolute Gasteiger partial charge is 0.388 e. The van der Waals surface area contributed by atoms with Crippen molar-refractivity contribution in [3.8, 4) is 0 Å². The van der Waals surface area contributed by atoms with E-state index in [1.807, 2.05) is 13.8 Å². The maximum atomic E-state index is 13.6. The third kappa shape index (κ3) is 7.21. The average Bonchev–Trinajstić information content (AvgIpc) is 2.74. The Morgan fingerprint density at radius 3 is 2.23 bits per heavy atom. The van der Waals surface area contributed by atoms with Crippen molar-refractivity contribution in [1.82, 2.24) is 10.3 Å². The van der Waals surface area contributed by atoms with Crippen molar-refractivity contribution in [2.24, 2.45) is 0 Å². The topological polar surface area (TPSA) is 37.0 Å². The van der Waals surface area contributed by atoms with Gasteiger partial charge in [0.1, 0.15) is 5.82 Å². The van der Waals surface area contributed by atoms with Gasteiger partial charge in [-0.15, -0.1) is 0 Å². The van der Waals surface area contributed by atoms with E-state index in [0.29, 0.717) is 23.2 Å². The minimum Gasteiger partial charge on any atom is -0.388 e. The summed E-state index contributed by atoms with van der Waals surface area (Å²) in [5.74, 6) is -0.398. The van der Waals surface area contributed by atoms with E-state index in [-0.39, 0.29) is 12.1 Å². The Hall–Kier alpha value is -2.83. The molecule has 0 spiro atoms. The predicted octanol–water partition coefficient (Wildman–Crippen LogP) is 6.71. The monoisotopic (exact) mass is 423 g/mol. The Kier molecular flexibility index (Phi) is 10.1. The van der Waals surface area contributed by atoms with Crippen LogP contribution in [0.1, 0.15) is 45.2 Å². The molecule has 2 N–H and O–H groups in total. The van der Waals surface area contributed by atoms with Crippen LogP contribution < -0.4 is 10.6 Å². The van der Waals surface area contributed by atoms with Gasteiger partial charge in [0.15, 0.2) is 0 Å². The van der Waals surface area contributed by atoms with E-state index < -0.39 is 17.6 Å². The normalized spacial score (nSPS) is 12.5. The molecule has 1 heterocycles. The number of anilines is 1. The van der Waals surface area contributed by atoms with E-state index in [9.17, 15) is 17.6 Å². The molecule has 0 radical (unpaired) electrons. The first kappa shape index (κ1) is 25.2. The van der Waals surface area contributed by atoms with Crippen LogP contribution in [0.4, 0.5) is 23.2 Å². The molecule has 1 aromatic heterocycles. The molecule has 0 aliphatic rings. The van der Waals surface area contributed by atoms with Gasteiger partial charge in [0.25, 0.3) is 0 Å². The molecule has 0 fully saturated rings. The molecule has 0 saturated carbocycles. The lowest BCUT2D eigenvalue weighted by molar-refractivity contribution is -0.0890. The number of halogens is 4. The van der Waals surface area contributed by atoms with Gasteiger partial charge < -0.3 is 10.6 Å². The largest absolute Gasteiger partial charge is 0.416 e. The quantitative estimate of drug-likeness (QED) is 0.384. The number of aromatic nitrogens is 1. The zero-order chi connectivity index (χ0) is 22.7. The fraction of sp³-hybridized carbons (Fsp3) is 0.348. The molecular formula is C23H29F4N3. The summed E-state index contributed by atoms with van der Waals surface area (Å²) in [6, 6.07) is 8.48. The Bertz CT molecular complexity index is 853. The van der Waals surface area contributed by atoms with Crippen LogP contribution >= 0.6 is 0 Å². The summed E-state index contributed by atoms with van der Waals surface area (Å²) in [6.07, 6.45) is -0.311. The van der Waals surface area contributed by atoms with Gasteiger partial charge in [-0.2, -0.15) is 13.2 Å². The molecule has 2 aromatic rings. The summed E-state index contributed by atoms with van der Waals surface area (Å²) in [6.45, 7) is 7.46. The molecule has 0 aliphatic carbocycles. The third-order valence-electron chi connectivity index (χ3n) is 4.39. The number of nitrogens with zero attached hydrogens (tertiary/aromatic N) is 1. The number of pyridine rings is 1. The summed E-state index contributed by atoms with van der Waals surface area (Å²) in [7, 11) is 1.58. The second kappa shape index (κ2) is 12.0. The molecule has 1 aromatic carbocycles. The highest BCUT2D eigenvalue weighted by Gasteiger charge is 2.33. The lowest BCUT2D eigenvalue weighted by Gasteiger charge is -2.15. The highest BCUT2D eigenvalue weighted by Crippen LogP contribution is 2.32. The first-order chi connectivity index (χ1) is 14.3. The van der Waals surface area contributed by atoms with Crippen LogP contribution in [0.5, 0.6) is 0 Å². The van der Waals surface area contributed by atoms with E-state index in [1.54, 1.807) is 44.3 Å². The summed E-state index contributed by atoms with van der Waals surface area (Å²) in [5.41, 5.74) is 1.82. The molecule has 164 valence electrons. The lowest BCUT2D eigenvalue weighted by Crippen LogP contribution is -2.15. The zero-order valence-corrected chi connectivity index (χ0v) is 18.0. The lowest BCUT2D eigenvalue weighted by atomic mass is 10.0. The fourth-order valence-electron chi connectivity index (χ4n) is 2.59. The highest BCUT2D eigenvalue weighted by molar-refractivity contribution is 5.68. The number of hydrogen-bond donors (Lipinski definition) is 2. The van der Waals surface area contributed by atoms with Gasteiger partial charge in [-0.05, 0) is 43.2 Å². The minimum atomic E-state index is -4.42. The maximum absolute atomic E-state index is 13.6. The van der Waals surface area contributed by atoms with Crippen LogP contribution in [-0.2, 0) is 6.54 Å². The number of benzene rings is 1. The van der Waals surface area contributed by atoms with Gasteiger partial charge in [0.05, 0.1) is 11.8 Å². The van der Waals surface area contributed by atoms with Gasteiger partial charge in [0, 0.05) is 36.7 Å². The van der Waals surface area contributed by atoms with Crippen molar-refractivity contribution in [2.75, 3.05) is 12.4 Å². The van der Waals surface area contributed by atoms with Crippen LogP contribution in [-0.4, -0.2) is 18.2 Å². The van der Waals surface area contributed by atoms with Crippen LogP contribution in [0.2, 0.25) is 0 Å². The predicted molar refractivity (Wildman–Crippen MR) is 115 cm³/mol. The Labute approximate surface area is 175 Å². The number of alkyl halides is 3.